The number of rotatable bonds is 7. The van der Waals surface area contributed by atoms with Crippen molar-refractivity contribution in [3.63, 3.8) is 0 Å². The van der Waals surface area contributed by atoms with Gasteiger partial charge in [0.15, 0.2) is 17.2 Å². The van der Waals surface area contributed by atoms with Crippen LogP contribution in [0.5, 0.6) is 0 Å². The third-order valence-electron chi connectivity index (χ3n) is 12.4. The van der Waals surface area contributed by atoms with Crippen molar-refractivity contribution in [1.29, 1.82) is 0 Å². The molecule has 0 spiro atoms. The van der Waals surface area contributed by atoms with Gasteiger partial charge in [-0.15, -0.1) is 0 Å². The third-order valence-corrected chi connectivity index (χ3v) is 12.4. The van der Waals surface area contributed by atoms with E-state index in [2.05, 4.69) is 173 Å². The van der Waals surface area contributed by atoms with Crippen LogP contribution >= 0.6 is 0 Å². The zero-order chi connectivity index (χ0) is 42.8. The zero-order valence-corrected chi connectivity index (χ0v) is 34.9. The van der Waals surface area contributed by atoms with Crippen molar-refractivity contribution >= 4 is 54.7 Å². The molecule has 0 aliphatic carbocycles. The number of hydrogen-bond donors (Lipinski definition) is 0. The van der Waals surface area contributed by atoms with Crippen molar-refractivity contribution in [2.75, 3.05) is 0 Å². The van der Waals surface area contributed by atoms with Gasteiger partial charge < -0.3 is 8.98 Å². The number of fused-ring (bicyclic) bond motifs is 8. The molecule has 0 fully saturated rings. The average Bonchev–Trinajstić information content (AvgIpc) is 4.08. The number of aromatic nitrogens is 6. The first-order valence-corrected chi connectivity index (χ1v) is 21.7. The molecule has 65 heavy (non-hydrogen) atoms. The van der Waals surface area contributed by atoms with Crippen LogP contribution in [0.4, 0.5) is 0 Å². The first-order valence-electron chi connectivity index (χ1n) is 21.7. The first kappa shape index (κ1) is 36.7. The van der Waals surface area contributed by atoms with E-state index in [4.69, 9.17) is 24.4 Å². The molecule has 0 amide bonds. The second-order valence-corrected chi connectivity index (χ2v) is 16.3. The van der Waals surface area contributed by atoms with E-state index in [1.165, 1.54) is 10.9 Å². The maximum Gasteiger partial charge on any atom is 0.238 e. The molecule has 0 N–H and O–H groups in total. The number of para-hydroxylation sites is 4. The van der Waals surface area contributed by atoms with Gasteiger partial charge in [-0.3, -0.25) is 4.57 Å². The van der Waals surface area contributed by atoms with Crippen LogP contribution in [0.3, 0.4) is 0 Å². The molecular weight excluding hydrogens is 797 g/mol. The van der Waals surface area contributed by atoms with Gasteiger partial charge in [0.25, 0.3) is 0 Å². The topological polar surface area (TPSA) is 74.6 Å². The Balaban J connectivity index is 1.06. The molecule has 4 aromatic heterocycles. The highest BCUT2D eigenvalue weighted by Crippen LogP contribution is 2.42. The van der Waals surface area contributed by atoms with Gasteiger partial charge >= 0.3 is 0 Å². The summed E-state index contributed by atoms with van der Waals surface area (Å²) in [5.74, 6) is 2.21. The van der Waals surface area contributed by atoms with Crippen LogP contribution in [0, 0.1) is 0 Å². The molecule has 9 aromatic carbocycles. The van der Waals surface area contributed by atoms with Crippen LogP contribution in [0.2, 0.25) is 0 Å². The molecule has 304 valence electrons. The fourth-order valence-corrected chi connectivity index (χ4v) is 9.35. The number of benzene rings is 9. The molecule has 0 aliphatic rings. The molecule has 7 heteroatoms. The molecule has 0 radical (unpaired) electrons. The molecule has 0 bridgehead atoms. The minimum atomic E-state index is 0.522. The summed E-state index contributed by atoms with van der Waals surface area (Å²) in [5.41, 5.74) is 14.0. The molecule has 0 aliphatic heterocycles. The summed E-state index contributed by atoms with van der Waals surface area (Å²) in [5, 5.41) is 4.52. The highest BCUT2D eigenvalue weighted by Gasteiger charge is 2.24. The molecule has 7 nitrogen and oxygen atoms in total. The summed E-state index contributed by atoms with van der Waals surface area (Å²) >= 11 is 0. The van der Waals surface area contributed by atoms with Gasteiger partial charge in [-0.05, 0) is 70.8 Å². The van der Waals surface area contributed by atoms with Crippen molar-refractivity contribution in [2.24, 2.45) is 0 Å². The van der Waals surface area contributed by atoms with Crippen LogP contribution in [-0.2, 0) is 0 Å². The van der Waals surface area contributed by atoms with Crippen molar-refractivity contribution < 1.29 is 4.42 Å². The van der Waals surface area contributed by atoms with E-state index < -0.39 is 0 Å². The van der Waals surface area contributed by atoms with Gasteiger partial charge in [0.05, 0.1) is 22.1 Å². The zero-order valence-electron chi connectivity index (χ0n) is 34.9. The lowest BCUT2D eigenvalue weighted by Crippen LogP contribution is -2.07. The Hall–Kier alpha value is -8.94. The molecule has 0 unspecified atom stereocenters. The fourth-order valence-electron chi connectivity index (χ4n) is 9.35. The van der Waals surface area contributed by atoms with E-state index in [0.29, 0.717) is 23.5 Å². The van der Waals surface area contributed by atoms with Crippen molar-refractivity contribution in [1.82, 2.24) is 29.1 Å². The predicted octanol–water partition coefficient (Wildman–Crippen LogP) is 14.5. The van der Waals surface area contributed by atoms with Gasteiger partial charge in [0, 0.05) is 43.9 Å². The lowest BCUT2D eigenvalue weighted by molar-refractivity contribution is 0.620. The van der Waals surface area contributed by atoms with Gasteiger partial charge in [0.2, 0.25) is 11.8 Å². The molecule has 13 aromatic rings. The second-order valence-electron chi connectivity index (χ2n) is 16.3. The van der Waals surface area contributed by atoms with Crippen LogP contribution in [-0.4, -0.2) is 29.1 Å². The van der Waals surface area contributed by atoms with Crippen LogP contribution in [0.1, 0.15) is 0 Å². The van der Waals surface area contributed by atoms with E-state index in [1.807, 2.05) is 54.6 Å². The van der Waals surface area contributed by atoms with Crippen molar-refractivity contribution in [3.05, 3.63) is 218 Å². The average molecular weight is 833 g/mol. The smallest absolute Gasteiger partial charge is 0.238 e. The third kappa shape index (κ3) is 6.13. The SMILES string of the molecule is c1ccc(-c2ccc(-c3nc(-c4ccc(-c5nc6ccccc6o5)cc4)nc(-n4c5ccccc5c5ccc6c7ccccc7n(-c7cccc(-c8ccccc8)c7)c6c54)n3)cc2)cc1. The van der Waals surface area contributed by atoms with Gasteiger partial charge in [0.1, 0.15) is 5.52 Å². The summed E-state index contributed by atoms with van der Waals surface area (Å²) in [4.78, 5) is 20.7. The normalized spacial score (nSPS) is 11.7. The Morgan fingerprint density at radius 2 is 0.815 bits per heavy atom. The lowest BCUT2D eigenvalue weighted by atomic mass is 10.0. The quantitative estimate of drug-likeness (QED) is 0.160. The number of hydrogen-bond acceptors (Lipinski definition) is 5. The summed E-state index contributed by atoms with van der Waals surface area (Å²) in [6.07, 6.45) is 0. The number of nitrogens with zero attached hydrogens (tertiary/aromatic N) is 6. The van der Waals surface area contributed by atoms with Crippen molar-refractivity contribution in [3.8, 4) is 68.1 Å². The molecular formula is C58H36N6O. The van der Waals surface area contributed by atoms with Crippen LogP contribution < -0.4 is 0 Å². The highest BCUT2D eigenvalue weighted by molar-refractivity contribution is 6.23. The largest absolute Gasteiger partial charge is 0.436 e. The Bertz CT molecular complexity index is 3890. The molecule has 0 saturated heterocycles. The summed E-state index contributed by atoms with van der Waals surface area (Å²) in [7, 11) is 0. The van der Waals surface area contributed by atoms with Crippen LogP contribution in [0.15, 0.2) is 223 Å². The van der Waals surface area contributed by atoms with Crippen LogP contribution in [0.25, 0.3) is 123 Å². The summed E-state index contributed by atoms with van der Waals surface area (Å²) in [6.45, 7) is 0. The van der Waals surface area contributed by atoms with E-state index in [0.717, 1.165) is 88.4 Å². The Morgan fingerprint density at radius 3 is 1.46 bits per heavy atom. The maximum absolute atomic E-state index is 6.14. The Labute approximate surface area is 373 Å². The number of oxazole rings is 1. The lowest BCUT2D eigenvalue weighted by Gasteiger charge is -2.14. The summed E-state index contributed by atoms with van der Waals surface area (Å²) < 4.78 is 10.8. The minimum Gasteiger partial charge on any atom is -0.436 e. The predicted molar refractivity (Wildman–Crippen MR) is 263 cm³/mol. The fraction of sp³-hybridized carbons (Fsp3) is 0. The van der Waals surface area contributed by atoms with E-state index >= 15 is 0 Å². The minimum absolute atomic E-state index is 0.522. The monoisotopic (exact) mass is 832 g/mol. The van der Waals surface area contributed by atoms with E-state index in [9.17, 15) is 0 Å². The van der Waals surface area contributed by atoms with E-state index in [1.54, 1.807) is 0 Å². The van der Waals surface area contributed by atoms with E-state index in [-0.39, 0.29) is 0 Å². The highest BCUT2D eigenvalue weighted by atomic mass is 16.3. The molecule has 4 heterocycles. The molecule has 0 saturated carbocycles. The summed E-state index contributed by atoms with van der Waals surface area (Å²) in [6, 6.07) is 75.9. The Morgan fingerprint density at radius 1 is 0.323 bits per heavy atom. The van der Waals surface area contributed by atoms with Gasteiger partial charge in [-0.1, -0.05) is 170 Å². The molecule has 13 rings (SSSR count). The maximum atomic E-state index is 6.14. The van der Waals surface area contributed by atoms with Crippen molar-refractivity contribution in [2.45, 2.75) is 0 Å². The van der Waals surface area contributed by atoms with Gasteiger partial charge in [-0.25, -0.2) is 9.97 Å². The Kier molecular flexibility index (Phi) is 8.39. The second kappa shape index (κ2) is 14.9. The van der Waals surface area contributed by atoms with Gasteiger partial charge in [-0.2, -0.15) is 9.97 Å². The molecule has 0 atom stereocenters. The first-order chi connectivity index (χ1) is 32.2. The standard InChI is InChI=1S/C58H36N6O/c1-3-14-37(15-4-1)39-26-28-40(29-27-39)55-60-56(41-30-32-42(33-31-41)57-59-49-22-9-12-25-52(49)65-57)62-58(61-55)64-51-24-11-8-21-46(51)48-35-34-47-45-20-7-10-23-50(45)63(53(47)54(48)64)44-19-13-18-43(36-44)38-16-5-2-6-17-38/h1-36H.